The standard InChI is InChI=1S/C20H18N2O6/c1-26-17-11-13(8-9-16(17)28-12-18(23)27-2)10-15-19(24)21-22(20(15)25)14-6-4-3-5-7-14/h3-11H,12H2,1-2H3,(H,21,24)/b15-10-. The molecule has 144 valence electrons. The van der Waals surface area contributed by atoms with E-state index in [0.717, 1.165) is 0 Å². The fourth-order valence-electron chi connectivity index (χ4n) is 2.57. The van der Waals surface area contributed by atoms with Crippen LogP contribution >= 0.6 is 0 Å². The summed E-state index contributed by atoms with van der Waals surface area (Å²) >= 11 is 0. The van der Waals surface area contributed by atoms with Crippen molar-refractivity contribution >= 4 is 29.5 Å². The molecule has 0 aliphatic carbocycles. The third-order valence-electron chi connectivity index (χ3n) is 3.98. The number of hydrogen-bond donors (Lipinski definition) is 1. The number of amides is 2. The van der Waals surface area contributed by atoms with E-state index in [9.17, 15) is 14.4 Å². The molecule has 0 radical (unpaired) electrons. The van der Waals surface area contributed by atoms with Gasteiger partial charge in [-0.1, -0.05) is 24.3 Å². The highest BCUT2D eigenvalue weighted by molar-refractivity contribution is 6.31. The molecule has 1 aliphatic heterocycles. The summed E-state index contributed by atoms with van der Waals surface area (Å²) in [6.45, 7) is -0.264. The molecule has 0 unspecified atom stereocenters. The highest BCUT2D eigenvalue weighted by Crippen LogP contribution is 2.30. The quantitative estimate of drug-likeness (QED) is 0.464. The van der Waals surface area contributed by atoms with Crippen molar-refractivity contribution in [1.82, 2.24) is 5.43 Å². The highest BCUT2D eigenvalue weighted by Gasteiger charge is 2.34. The molecule has 2 amide bonds. The first kappa shape index (κ1) is 19.0. The molecule has 0 aromatic heterocycles. The Kier molecular flexibility index (Phi) is 5.59. The molecule has 1 aliphatic rings. The largest absolute Gasteiger partial charge is 0.493 e. The average Bonchev–Trinajstić information content (AvgIpc) is 3.01. The predicted octanol–water partition coefficient (Wildman–Crippen LogP) is 1.71. The van der Waals surface area contributed by atoms with Gasteiger partial charge in [0.15, 0.2) is 18.1 Å². The number of ether oxygens (including phenoxy) is 3. The van der Waals surface area contributed by atoms with Crippen LogP contribution in [-0.4, -0.2) is 38.6 Å². The van der Waals surface area contributed by atoms with E-state index in [0.29, 0.717) is 22.7 Å². The molecular formula is C20H18N2O6. The lowest BCUT2D eigenvalue weighted by atomic mass is 10.1. The summed E-state index contributed by atoms with van der Waals surface area (Å²) in [6.07, 6.45) is 1.47. The van der Waals surface area contributed by atoms with Gasteiger partial charge >= 0.3 is 5.97 Å². The van der Waals surface area contributed by atoms with E-state index in [1.807, 2.05) is 6.07 Å². The van der Waals surface area contributed by atoms with Gasteiger partial charge in [-0.2, -0.15) is 0 Å². The second-order valence-electron chi connectivity index (χ2n) is 5.75. The lowest BCUT2D eigenvalue weighted by Crippen LogP contribution is -2.35. The molecule has 2 aromatic rings. The number of carbonyl (C=O) groups excluding carboxylic acids is 3. The van der Waals surface area contributed by atoms with Crippen LogP contribution < -0.4 is 19.9 Å². The average molecular weight is 382 g/mol. The van der Waals surface area contributed by atoms with Gasteiger partial charge in [-0.05, 0) is 35.9 Å². The molecule has 8 nitrogen and oxygen atoms in total. The molecule has 1 heterocycles. The van der Waals surface area contributed by atoms with Crippen LogP contribution in [0.15, 0.2) is 54.1 Å². The fraction of sp³-hybridized carbons (Fsp3) is 0.150. The number of rotatable bonds is 6. The molecule has 0 saturated carbocycles. The number of anilines is 1. The van der Waals surface area contributed by atoms with Gasteiger partial charge in [-0.3, -0.25) is 15.0 Å². The zero-order chi connectivity index (χ0) is 20.1. The molecule has 1 N–H and O–H groups in total. The third kappa shape index (κ3) is 3.96. The van der Waals surface area contributed by atoms with Crippen molar-refractivity contribution in [1.29, 1.82) is 0 Å². The molecule has 0 atom stereocenters. The van der Waals surface area contributed by atoms with E-state index >= 15 is 0 Å². The Hall–Kier alpha value is -3.81. The molecule has 3 rings (SSSR count). The van der Waals surface area contributed by atoms with Crippen LogP contribution in [0.2, 0.25) is 0 Å². The van der Waals surface area contributed by atoms with Crippen LogP contribution in [0.1, 0.15) is 5.56 Å². The number of para-hydroxylation sites is 1. The summed E-state index contributed by atoms with van der Waals surface area (Å²) in [5, 5.41) is 1.19. The van der Waals surface area contributed by atoms with Crippen LogP contribution in [0.25, 0.3) is 6.08 Å². The van der Waals surface area contributed by atoms with Gasteiger partial charge in [0.1, 0.15) is 5.57 Å². The number of carbonyl (C=O) groups is 3. The maximum atomic E-state index is 12.6. The predicted molar refractivity (Wildman–Crippen MR) is 101 cm³/mol. The van der Waals surface area contributed by atoms with Gasteiger partial charge in [-0.25, -0.2) is 9.80 Å². The Balaban J connectivity index is 1.83. The molecule has 0 spiro atoms. The Morgan fingerprint density at radius 1 is 1.07 bits per heavy atom. The maximum Gasteiger partial charge on any atom is 0.343 e. The first-order valence-corrected chi connectivity index (χ1v) is 8.33. The van der Waals surface area contributed by atoms with Crippen molar-refractivity contribution in [2.24, 2.45) is 0 Å². The highest BCUT2D eigenvalue weighted by atomic mass is 16.6. The molecule has 1 saturated heterocycles. The SMILES string of the molecule is COC(=O)COc1ccc(/C=C2/C(=O)NN(c3ccccc3)C2=O)cc1OC. The zero-order valence-corrected chi connectivity index (χ0v) is 15.3. The second kappa shape index (κ2) is 8.26. The van der Waals surface area contributed by atoms with Crippen LogP contribution in [0.4, 0.5) is 5.69 Å². The van der Waals surface area contributed by atoms with E-state index in [-0.39, 0.29) is 12.2 Å². The summed E-state index contributed by atoms with van der Waals surface area (Å²) in [4.78, 5) is 36.1. The Bertz CT molecular complexity index is 939. The first-order valence-electron chi connectivity index (χ1n) is 8.33. The van der Waals surface area contributed by atoms with Gasteiger partial charge < -0.3 is 14.2 Å². The fourth-order valence-corrected chi connectivity index (χ4v) is 2.57. The van der Waals surface area contributed by atoms with Gasteiger partial charge in [0.2, 0.25) is 0 Å². The number of esters is 1. The third-order valence-corrected chi connectivity index (χ3v) is 3.98. The van der Waals surface area contributed by atoms with Crippen LogP contribution in [0.3, 0.4) is 0 Å². The number of nitrogens with one attached hydrogen (secondary N) is 1. The smallest absolute Gasteiger partial charge is 0.343 e. The summed E-state index contributed by atoms with van der Waals surface area (Å²) < 4.78 is 15.1. The molecule has 2 aromatic carbocycles. The Morgan fingerprint density at radius 2 is 1.82 bits per heavy atom. The van der Waals surface area contributed by atoms with Crippen molar-refractivity contribution < 1.29 is 28.6 Å². The van der Waals surface area contributed by atoms with Gasteiger partial charge in [-0.15, -0.1) is 0 Å². The second-order valence-corrected chi connectivity index (χ2v) is 5.75. The van der Waals surface area contributed by atoms with Crippen LogP contribution in [0, 0.1) is 0 Å². The number of methoxy groups -OCH3 is 2. The van der Waals surface area contributed by atoms with Crippen molar-refractivity contribution in [3.05, 3.63) is 59.7 Å². The van der Waals surface area contributed by atoms with Gasteiger partial charge in [0, 0.05) is 0 Å². The Labute approximate surface area is 161 Å². The minimum absolute atomic E-state index is 0.00543. The lowest BCUT2D eigenvalue weighted by Gasteiger charge is -2.13. The minimum atomic E-state index is -0.525. The van der Waals surface area contributed by atoms with Crippen LogP contribution in [-0.2, 0) is 19.1 Å². The number of hydrogen-bond acceptors (Lipinski definition) is 6. The normalized spacial score (nSPS) is 14.8. The van der Waals surface area contributed by atoms with Crippen molar-refractivity contribution in [2.45, 2.75) is 0 Å². The van der Waals surface area contributed by atoms with E-state index < -0.39 is 17.8 Å². The van der Waals surface area contributed by atoms with Gasteiger partial charge in [0.05, 0.1) is 19.9 Å². The van der Waals surface area contributed by atoms with E-state index in [2.05, 4.69) is 10.2 Å². The van der Waals surface area contributed by atoms with Crippen LogP contribution in [0.5, 0.6) is 11.5 Å². The monoisotopic (exact) mass is 382 g/mol. The van der Waals surface area contributed by atoms with Crippen molar-refractivity contribution in [2.75, 3.05) is 25.8 Å². The van der Waals surface area contributed by atoms with E-state index in [1.165, 1.54) is 25.3 Å². The van der Waals surface area contributed by atoms with Crippen molar-refractivity contribution in [3.8, 4) is 11.5 Å². The Morgan fingerprint density at radius 3 is 2.50 bits per heavy atom. The molecule has 8 heteroatoms. The minimum Gasteiger partial charge on any atom is -0.493 e. The molecule has 28 heavy (non-hydrogen) atoms. The topological polar surface area (TPSA) is 94.2 Å². The zero-order valence-electron chi connectivity index (χ0n) is 15.3. The first-order chi connectivity index (χ1) is 13.5. The summed E-state index contributed by atoms with van der Waals surface area (Å²) in [5.74, 6) is -0.797. The summed E-state index contributed by atoms with van der Waals surface area (Å²) in [6, 6.07) is 13.6. The summed E-state index contributed by atoms with van der Waals surface area (Å²) in [7, 11) is 2.71. The lowest BCUT2D eigenvalue weighted by molar-refractivity contribution is -0.143. The van der Waals surface area contributed by atoms with E-state index in [4.69, 9.17) is 9.47 Å². The molecule has 1 fully saturated rings. The molecular weight excluding hydrogens is 364 g/mol. The van der Waals surface area contributed by atoms with Gasteiger partial charge in [0.25, 0.3) is 11.8 Å². The maximum absolute atomic E-state index is 12.6. The number of nitrogens with zero attached hydrogens (tertiary/aromatic N) is 1. The van der Waals surface area contributed by atoms with E-state index in [1.54, 1.807) is 42.5 Å². The van der Waals surface area contributed by atoms with Crippen molar-refractivity contribution in [3.63, 3.8) is 0 Å². The summed E-state index contributed by atoms with van der Waals surface area (Å²) in [5.41, 5.74) is 3.66. The number of hydrazine groups is 1. The molecule has 0 bridgehead atoms. The number of benzene rings is 2.